The van der Waals surface area contributed by atoms with Crippen LogP contribution in [0.2, 0.25) is 0 Å². The van der Waals surface area contributed by atoms with Crippen molar-refractivity contribution < 1.29 is 14.3 Å². The third kappa shape index (κ3) is 2.92. The molecule has 0 heterocycles. The molecule has 0 bridgehead atoms. The average Bonchev–Trinajstić information content (AvgIpc) is 2.18. The molecule has 0 atom stereocenters. The first-order chi connectivity index (χ1) is 7.41. The minimum atomic E-state index is -0.981. The van der Waals surface area contributed by atoms with Crippen LogP contribution < -0.4 is 0 Å². The van der Waals surface area contributed by atoms with E-state index in [2.05, 4.69) is 0 Å². The molecular formula is C13H15FO2. The van der Waals surface area contributed by atoms with Gasteiger partial charge in [0.25, 0.3) is 0 Å². The Morgan fingerprint density at radius 3 is 2.50 bits per heavy atom. The smallest absolute Gasteiger partial charge is 0.328 e. The first-order valence-corrected chi connectivity index (χ1v) is 5.13. The van der Waals surface area contributed by atoms with Crippen LogP contribution in [0.5, 0.6) is 0 Å². The summed E-state index contributed by atoms with van der Waals surface area (Å²) in [5.41, 5.74) is 1.99. The summed E-state index contributed by atoms with van der Waals surface area (Å²) in [6.45, 7) is 5.48. The third-order valence-electron chi connectivity index (χ3n) is 2.39. The fourth-order valence-corrected chi connectivity index (χ4v) is 1.54. The minimum absolute atomic E-state index is 0.0842. The molecule has 0 aliphatic rings. The fraction of sp³-hybridized carbons (Fsp3) is 0.308. The zero-order chi connectivity index (χ0) is 12.3. The average molecular weight is 222 g/mol. The Morgan fingerprint density at radius 2 is 2.06 bits per heavy atom. The van der Waals surface area contributed by atoms with Gasteiger partial charge in [0.05, 0.1) is 0 Å². The summed E-state index contributed by atoms with van der Waals surface area (Å²) in [5.74, 6) is -1.17. The molecule has 0 aromatic heterocycles. The van der Waals surface area contributed by atoms with Gasteiger partial charge in [0.15, 0.2) is 0 Å². The van der Waals surface area contributed by atoms with Crippen LogP contribution in [-0.4, -0.2) is 11.1 Å². The first kappa shape index (κ1) is 12.4. The topological polar surface area (TPSA) is 37.3 Å². The molecular weight excluding hydrogens is 207 g/mol. The van der Waals surface area contributed by atoms with Gasteiger partial charge in [0, 0.05) is 6.08 Å². The van der Waals surface area contributed by atoms with Crippen LogP contribution in [0.1, 0.15) is 25.0 Å². The number of aliphatic carboxylic acids is 1. The number of allylic oxidation sites excluding steroid dienone is 1. The van der Waals surface area contributed by atoms with E-state index in [1.165, 1.54) is 12.1 Å². The van der Waals surface area contributed by atoms with Gasteiger partial charge in [-0.3, -0.25) is 0 Å². The first-order valence-electron chi connectivity index (χ1n) is 5.13. The molecule has 0 spiro atoms. The molecule has 0 saturated carbocycles. The molecule has 0 radical (unpaired) electrons. The summed E-state index contributed by atoms with van der Waals surface area (Å²) >= 11 is 0. The van der Waals surface area contributed by atoms with E-state index in [0.717, 1.165) is 5.56 Å². The van der Waals surface area contributed by atoms with E-state index in [1.807, 2.05) is 13.8 Å². The summed E-state index contributed by atoms with van der Waals surface area (Å²) in [5, 5.41) is 8.77. The van der Waals surface area contributed by atoms with Gasteiger partial charge >= 0.3 is 5.97 Å². The monoisotopic (exact) mass is 222 g/mol. The van der Waals surface area contributed by atoms with Gasteiger partial charge in [-0.25, -0.2) is 9.18 Å². The minimum Gasteiger partial charge on any atom is -0.478 e. The molecule has 16 heavy (non-hydrogen) atoms. The van der Waals surface area contributed by atoms with Gasteiger partial charge in [0.1, 0.15) is 5.82 Å². The second-order valence-electron chi connectivity index (χ2n) is 4.06. The molecule has 0 aliphatic heterocycles. The molecule has 0 unspecified atom stereocenters. The van der Waals surface area contributed by atoms with Crippen molar-refractivity contribution in [3.63, 3.8) is 0 Å². The number of rotatable bonds is 3. The van der Waals surface area contributed by atoms with Crippen molar-refractivity contribution >= 4 is 11.5 Å². The number of carboxylic acids is 1. The van der Waals surface area contributed by atoms with Gasteiger partial charge < -0.3 is 5.11 Å². The Hall–Kier alpha value is -1.64. The number of benzene rings is 1. The van der Waals surface area contributed by atoms with Crippen LogP contribution in [0.3, 0.4) is 0 Å². The molecule has 2 nitrogen and oxygen atoms in total. The van der Waals surface area contributed by atoms with Gasteiger partial charge in [-0.05, 0) is 41.7 Å². The molecule has 1 rings (SSSR count). The van der Waals surface area contributed by atoms with E-state index in [4.69, 9.17) is 5.11 Å². The van der Waals surface area contributed by atoms with E-state index in [1.54, 1.807) is 19.1 Å². The van der Waals surface area contributed by atoms with Crippen LogP contribution in [0.4, 0.5) is 4.39 Å². The highest BCUT2D eigenvalue weighted by atomic mass is 19.1. The number of carbonyl (C=O) groups is 1. The predicted molar refractivity (Wildman–Crippen MR) is 61.6 cm³/mol. The van der Waals surface area contributed by atoms with Crippen molar-refractivity contribution in [3.05, 3.63) is 41.2 Å². The SMILES string of the molecule is Cc1cc(C(=CC(=O)O)C(C)C)ccc1F. The van der Waals surface area contributed by atoms with E-state index in [9.17, 15) is 9.18 Å². The molecule has 1 aromatic rings. The summed E-state index contributed by atoms with van der Waals surface area (Å²) < 4.78 is 13.1. The molecule has 86 valence electrons. The summed E-state index contributed by atoms with van der Waals surface area (Å²) in [6, 6.07) is 4.64. The van der Waals surface area contributed by atoms with Crippen molar-refractivity contribution in [2.24, 2.45) is 5.92 Å². The normalized spacial score (nSPS) is 11.9. The van der Waals surface area contributed by atoms with Gasteiger partial charge in [0.2, 0.25) is 0 Å². The van der Waals surface area contributed by atoms with Crippen LogP contribution in [0.15, 0.2) is 24.3 Å². The van der Waals surface area contributed by atoms with Gasteiger partial charge in [-0.2, -0.15) is 0 Å². The van der Waals surface area contributed by atoms with Gasteiger partial charge in [-0.1, -0.05) is 19.9 Å². The molecule has 1 aromatic carbocycles. The highest BCUT2D eigenvalue weighted by molar-refractivity contribution is 5.90. The number of halogens is 1. The standard InChI is InChI=1S/C13H15FO2/c1-8(2)11(7-13(15)16)10-4-5-12(14)9(3)6-10/h4-8H,1-3H3,(H,15,16). The maximum Gasteiger partial charge on any atom is 0.328 e. The van der Waals surface area contributed by atoms with Gasteiger partial charge in [-0.15, -0.1) is 0 Å². The Balaban J connectivity index is 3.22. The largest absolute Gasteiger partial charge is 0.478 e. The van der Waals surface area contributed by atoms with Crippen molar-refractivity contribution in [2.75, 3.05) is 0 Å². The van der Waals surface area contributed by atoms with Crippen molar-refractivity contribution in [2.45, 2.75) is 20.8 Å². The zero-order valence-electron chi connectivity index (χ0n) is 9.62. The molecule has 0 fully saturated rings. The van der Waals surface area contributed by atoms with Crippen LogP contribution in [-0.2, 0) is 4.79 Å². The number of hydrogen-bond acceptors (Lipinski definition) is 1. The number of carboxylic acid groups (broad SMARTS) is 1. The molecule has 1 N–H and O–H groups in total. The maximum atomic E-state index is 13.1. The summed E-state index contributed by atoms with van der Waals surface area (Å²) in [4.78, 5) is 10.7. The Labute approximate surface area is 94.4 Å². The van der Waals surface area contributed by atoms with Crippen molar-refractivity contribution in [3.8, 4) is 0 Å². The lowest BCUT2D eigenvalue weighted by Crippen LogP contribution is -1.99. The van der Waals surface area contributed by atoms with Crippen molar-refractivity contribution in [1.29, 1.82) is 0 Å². The third-order valence-corrected chi connectivity index (χ3v) is 2.39. The number of aryl methyl sites for hydroxylation is 1. The lowest BCUT2D eigenvalue weighted by atomic mass is 9.94. The second kappa shape index (κ2) is 4.92. The zero-order valence-corrected chi connectivity index (χ0v) is 9.62. The molecule has 3 heteroatoms. The Kier molecular flexibility index (Phi) is 3.82. The number of hydrogen-bond donors (Lipinski definition) is 1. The summed E-state index contributed by atoms with van der Waals surface area (Å²) in [7, 11) is 0. The summed E-state index contributed by atoms with van der Waals surface area (Å²) in [6.07, 6.45) is 1.18. The highest BCUT2D eigenvalue weighted by Gasteiger charge is 2.10. The lowest BCUT2D eigenvalue weighted by Gasteiger charge is -2.11. The van der Waals surface area contributed by atoms with Crippen LogP contribution in [0, 0.1) is 18.7 Å². The second-order valence-corrected chi connectivity index (χ2v) is 4.06. The molecule has 0 amide bonds. The van der Waals surface area contributed by atoms with E-state index >= 15 is 0 Å². The fourth-order valence-electron chi connectivity index (χ4n) is 1.54. The molecule has 0 aliphatic carbocycles. The van der Waals surface area contributed by atoms with E-state index in [-0.39, 0.29) is 11.7 Å². The quantitative estimate of drug-likeness (QED) is 0.797. The van der Waals surface area contributed by atoms with E-state index < -0.39 is 5.97 Å². The van der Waals surface area contributed by atoms with Crippen LogP contribution in [0.25, 0.3) is 5.57 Å². The highest BCUT2D eigenvalue weighted by Crippen LogP contribution is 2.24. The maximum absolute atomic E-state index is 13.1. The predicted octanol–water partition coefficient (Wildman–Crippen LogP) is 3.26. The molecule has 0 saturated heterocycles. The van der Waals surface area contributed by atoms with Crippen LogP contribution >= 0.6 is 0 Å². The lowest BCUT2D eigenvalue weighted by molar-refractivity contribution is -0.131. The Morgan fingerprint density at radius 1 is 1.44 bits per heavy atom. The Bertz CT molecular complexity index is 434. The van der Waals surface area contributed by atoms with E-state index in [0.29, 0.717) is 11.1 Å². The van der Waals surface area contributed by atoms with Crippen molar-refractivity contribution in [1.82, 2.24) is 0 Å².